The maximum absolute atomic E-state index is 14.7. The van der Waals surface area contributed by atoms with E-state index >= 15 is 0 Å². The van der Waals surface area contributed by atoms with Crippen LogP contribution in [-0.2, 0) is 0 Å². The molecule has 3 aromatic carbocycles. The molecule has 1 aliphatic heterocycles. The van der Waals surface area contributed by atoms with Gasteiger partial charge in [0, 0.05) is 36.4 Å². The van der Waals surface area contributed by atoms with Gasteiger partial charge in [0.15, 0.2) is 0 Å². The fourth-order valence-corrected chi connectivity index (χ4v) is 5.32. The summed E-state index contributed by atoms with van der Waals surface area (Å²) >= 11 is 7.74. The number of amides is 1. The molecule has 2 fully saturated rings. The molecule has 1 aliphatic carbocycles. The Labute approximate surface area is 214 Å². The van der Waals surface area contributed by atoms with Crippen LogP contribution in [0.1, 0.15) is 51.8 Å². The Morgan fingerprint density at radius 3 is 2.54 bits per heavy atom. The quantitative estimate of drug-likeness (QED) is 0.335. The lowest BCUT2D eigenvalue weighted by atomic mass is 9.90. The fourth-order valence-electron chi connectivity index (χ4n) is 4.78. The van der Waals surface area contributed by atoms with Crippen molar-refractivity contribution in [1.29, 1.82) is 0 Å². The lowest BCUT2D eigenvalue weighted by Crippen LogP contribution is -2.51. The van der Waals surface area contributed by atoms with E-state index in [2.05, 4.69) is 40.0 Å². The summed E-state index contributed by atoms with van der Waals surface area (Å²) in [5.74, 6) is 0.277. The Morgan fingerprint density at radius 1 is 1.14 bits per heavy atom. The Balaban J connectivity index is 1.28. The van der Waals surface area contributed by atoms with Crippen molar-refractivity contribution in [3.8, 4) is 5.75 Å². The summed E-state index contributed by atoms with van der Waals surface area (Å²) in [6, 6.07) is 21.5. The first-order chi connectivity index (χ1) is 17.0. The van der Waals surface area contributed by atoms with Crippen LogP contribution in [0.2, 0.25) is 5.02 Å². The van der Waals surface area contributed by atoms with E-state index in [9.17, 15) is 9.18 Å². The predicted octanol–water partition coefficient (Wildman–Crippen LogP) is 6.46. The van der Waals surface area contributed by atoms with E-state index in [1.807, 2.05) is 24.3 Å². The van der Waals surface area contributed by atoms with E-state index in [-0.39, 0.29) is 11.6 Å². The standard InChI is InChI=1S/C28H28ClFN2O2S/c1-35-31-28(33)23-13-22(19-11-12-19)26(14-25(23)30)34-17-18-15-32(16-18)27(20-7-3-2-4-8-20)21-9-5-6-10-24(21)29/h2-10,13-14,18-19,27H,11-12,15-17H2,1H3,(H,31,33). The minimum atomic E-state index is -0.547. The second-order valence-corrected chi connectivity index (χ2v) is 10.3. The number of ether oxygens (including phenoxy) is 1. The van der Waals surface area contributed by atoms with Gasteiger partial charge in [0.25, 0.3) is 5.91 Å². The van der Waals surface area contributed by atoms with Crippen LogP contribution in [0.25, 0.3) is 0 Å². The molecule has 1 heterocycles. The summed E-state index contributed by atoms with van der Waals surface area (Å²) in [4.78, 5) is 14.6. The van der Waals surface area contributed by atoms with Crippen molar-refractivity contribution < 1.29 is 13.9 Å². The van der Waals surface area contributed by atoms with E-state index in [1.165, 1.54) is 11.6 Å². The average Bonchev–Trinajstić information content (AvgIpc) is 3.67. The van der Waals surface area contributed by atoms with Crippen molar-refractivity contribution in [2.45, 2.75) is 24.8 Å². The van der Waals surface area contributed by atoms with Gasteiger partial charge >= 0.3 is 0 Å². The van der Waals surface area contributed by atoms with Crippen LogP contribution in [-0.4, -0.2) is 36.8 Å². The smallest absolute Gasteiger partial charge is 0.264 e. The largest absolute Gasteiger partial charge is 0.493 e. The van der Waals surface area contributed by atoms with Gasteiger partial charge in [0.2, 0.25) is 0 Å². The summed E-state index contributed by atoms with van der Waals surface area (Å²) in [7, 11) is 0. The molecule has 0 aromatic heterocycles. The maximum atomic E-state index is 14.7. The third kappa shape index (κ3) is 5.35. The van der Waals surface area contributed by atoms with E-state index in [0.717, 1.165) is 54.0 Å². The molecular weight excluding hydrogens is 483 g/mol. The van der Waals surface area contributed by atoms with Gasteiger partial charge in [-0.15, -0.1) is 0 Å². The molecule has 0 bridgehead atoms. The fraction of sp³-hybridized carbons (Fsp3) is 0.321. The molecule has 35 heavy (non-hydrogen) atoms. The molecule has 0 radical (unpaired) electrons. The normalized spacial score (nSPS) is 17.0. The molecular formula is C28H28ClFN2O2S. The van der Waals surface area contributed by atoms with Gasteiger partial charge in [-0.3, -0.25) is 14.4 Å². The topological polar surface area (TPSA) is 41.6 Å². The monoisotopic (exact) mass is 510 g/mol. The molecule has 1 N–H and O–H groups in total. The zero-order valence-electron chi connectivity index (χ0n) is 19.5. The molecule has 3 aromatic rings. The molecule has 1 atom stereocenters. The van der Waals surface area contributed by atoms with Crippen molar-refractivity contribution in [3.05, 3.63) is 99.8 Å². The highest BCUT2D eigenvalue weighted by atomic mass is 35.5. The predicted molar refractivity (Wildman–Crippen MR) is 140 cm³/mol. The van der Waals surface area contributed by atoms with Crippen molar-refractivity contribution in [2.24, 2.45) is 5.92 Å². The number of likely N-dealkylation sites (tertiary alicyclic amines) is 1. The lowest BCUT2D eigenvalue weighted by molar-refractivity contribution is 0.0376. The van der Waals surface area contributed by atoms with Crippen molar-refractivity contribution in [3.63, 3.8) is 0 Å². The highest BCUT2D eigenvalue weighted by Crippen LogP contribution is 2.45. The number of nitrogens with one attached hydrogen (secondary N) is 1. The first-order valence-electron chi connectivity index (χ1n) is 11.9. The minimum Gasteiger partial charge on any atom is -0.493 e. The molecule has 1 amide bonds. The van der Waals surface area contributed by atoms with Crippen molar-refractivity contribution in [2.75, 3.05) is 26.0 Å². The molecule has 5 rings (SSSR count). The van der Waals surface area contributed by atoms with Gasteiger partial charge in [-0.05, 0) is 47.6 Å². The van der Waals surface area contributed by atoms with Crippen LogP contribution in [0.15, 0.2) is 66.7 Å². The molecule has 4 nitrogen and oxygen atoms in total. The van der Waals surface area contributed by atoms with Gasteiger partial charge in [0.1, 0.15) is 11.6 Å². The zero-order chi connectivity index (χ0) is 24.4. The first-order valence-corrected chi connectivity index (χ1v) is 13.5. The number of carbonyl (C=O) groups excluding carboxylic acids is 1. The third-order valence-corrected chi connectivity index (χ3v) is 7.43. The zero-order valence-corrected chi connectivity index (χ0v) is 21.1. The third-order valence-electron chi connectivity index (χ3n) is 6.70. The van der Waals surface area contributed by atoms with E-state index in [1.54, 1.807) is 12.3 Å². The van der Waals surface area contributed by atoms with Crippen LogP contribution in [0.5, 0.6) is 5.75 Å². The van der Waals surface area contributed by atoms with Crippen molar-refractivity contribution in [1.82, 2.24) is 9.62 Å². The Hall–Kier alpha value is -2.54. The number of benzene rings is 3. The molecule has 7 heteroatoms. The summed E-state index contributed by atoms with van der Waals surface area (Å²) < 4.78 is 23.5. The lowest BCUT2D eigenvalue weighted by Gasteiger charge is -2.44. The molecule has 182 valence electrons. The molecule has 1 saturated carbocycles. The molecule has 1 unspecified atom stereocenters. The van der Waals surface area contributed by atoms with Gasteiger partial charge in [-0.1, -0.05) is 72.1 Å². The van der Waals surface area contributed by atoms with Gasteiger partial charge in [-0.25, -0.2) is 4.39 Å². The van der Waals surface area contributed by atoms with E-state index in [4.69, 9.17) is 16.3 Å². The number of halogens is 2. The highest BCUT2D eigenvalue weighted by Gasteiger charge is 2.36. The van der Waals surface area contributed by atoms with Gasteiger partial charge in [-0.2, -0.15) is 0 Å². The Morgan fingerprint density at radius 2 is 1.86 bits per heavy atom. The molecule has 1 saturated heterocycles. The van der Waals surface area contributed by atoms with Crippen LogP contribution >= 0.6 is 23.5 Å². The number of hydrogen-bond donors (Lipinski definition) is 1. The van der Waals surface area contributed by atoms with Crippen LogP contribution < -0.4 is 9.46 Å². The summed E-state index contributed by atoms with van der Waals surface area (Å²) in [6.07, 6.45) is 3.82. The second-order valence-electron chi connectivity index (χ2n) is 9.25. The average molecular weight is 511 g/mol. The van der Waals surface area contributed by atoms with Crippen LogP contribution in [0, 0.1) is 11.7 Å². The first kappa shape index (κ1) is 24.2. The minimum absolute atomic E-state index is 0.0777. The molecule has 0 spiro atoms. The number of rotatable bonds is 9. The molecule has 2 aliphatic rings. The maximum Gasteiger partial charge on any atom is 0.264 e. The van der Waals surface area contributed by atoms with Crippen molar-refractivity contribution >= 4 is 29.5 Å². The van der Waals surface area contributed by atoms with Gasteiger partial charge < -0.3 is 4.74 Å². The Kier molecular flexibility index (Phi) is 7.32. The Bertz CT molecular complexity index is 1200. The van der Waals surface area contributed by atoms with E-state index in [0.29, 0.717) is 24.2 Å². The van der Waals surface area contributed by atoms with E-state index < -0.39 is 11.7 Å². The van der Waals surface area contributed by atoms with Crippen LogP contribution in [0.3, 0.4) is 0 Å². The summed E-state index contributed by atoms with van der Waals surface area (Å²) in [5, 5.41) is 0.760. The number of carbonyl (C=O) groups is 1. The van der Waals surface area contributed by atoms with Crippen LogP contribution in [0.4, 0.5) is 4.39 Å². The second kappa shape index (κ2) is 10.6. The van der Waals surface area contributed by atoms with Gasteiger partial charge in [0.05, 0.1) is 18.2 Å². The number of hydrogen-bond acceptors (Lipinski definition) is 4. The highest BCUT2D eigenvalue weighted by molar-refractivity contribution is 7.97. The summed E-state index contributed by atoms with van der Waals surface area (Å²) in [5.41, 5.74) is 3.31. The summed E-state index contributed by atoms with van der Waals surface area (Å²) in [6.45, 7) is 2.23. The number of nitrogens with zero attached hydrogens (tertiary/aromatic N) is 1. The SMILES string of the molecule is CSNC(=O)c1cc(C2CC2)c(OCC2CN(C(c3ccccc3)c3ccccc3Cl)C2)cc1F.